The summed E-state index contributed by atoms with van der Waals surface area (Å²) in [6, 6.07) is 5.68. The van der Waals surface area contributed by atoms with Crippen molar-refractivity contribution in [1.29, 1.82) is 0 Å². The van der Waals surface area contributed by atoms with E-state index in [4.69, 9.17) is 11.6 Å². The molecule has 0 aliphatic carbocycles. The Balaban J connectivity index is 1.35. The molecule has 0 unspecified atom stereocenters. The first-order valence-electron chi connectivity index (χ1n) is 8.49. The standard InChI is InChI=1S/C17H18ClN5O2S/c18-11-1-2-14-13(7-11)21-17(25)15(26-14)8-16(24)22-5-3-12(4-6-22)23-10-19-9-20-23/h1-2,7,9-10,12,15H,3-6,8H2,(H,21,25)/t15-/m0/s1. The van der Waals surface area contributed by atoms with E-state index in [-0.39, 0.29) is 24.3 Å². The van der Waals surface area contributed by atoms with E-state index in [1.165, 1.54) is 18.1 Å². The number of fused-ring (bicyclic) bond motifs is 1. The van der Waals surface area contributed by atoms with Gasteiger partial charge in [-0.25, -0.2) is 9.67 Å². The highest BCUT2D eigenvalue weighted by Crippen LogP contribution is 2.38. The van der Waals surface area contributed by atoms with Gasteiger partial charge in [0.1, 0.15) is 12.7 Å². The van der Waals surface area contributed by atoms with Crippen LogP contribution in [0, 0.1) is 0 Å². The molecule has 0 saturated carbocycles. The first kappa shape index (κ1) is 17.4. The van der Waals surface area contributed by atoms with Gasteiger partial charge in [0.05, 0.1) is 17.0 Å². The van der Waals surface area contributed by atoms with Crippen LogP contribution >= 0.6 is 23.4 Å². The van der Waals surface area contributed by atoms with Crippen LogP contribution in [-0.4, -0.2) is 49.8 Å². The number of aromatic nitrogens is 3. The van der Waals surface area contributed by atoms with Crippen LogP contribution < -0.4 is 5.32 Å². The molecule has 2 aliphatic rings. The number of carbonyl (C=O) groups is 2. The fourth-order valence-corrected chi connectivity index (χ4v) is 4.58. The normalized spacial score (nSPS) is 20.6. The maximum Gasteiger partial charge on any atom is 0.238 e. The van der Waals surface area contributed by atoms with Crippen LogP contribution in [-0.2, 0) is 9.59 Å². The van der Waals surface area contributed by atoms with Crippen LogP contribution in [0.5, 0.6) is 0 Å². The third-order valence-corrected chi connectivity index (χ3v) is 6.26. The maximum atomic E-state index is 12.6. The van der Waals surface area contributed by atoms with Crippen molar-refractivity contribution < 1.29 is 9.59 Å². The molecule has 0 radical (unpaired) electrons. The van der Waals surface area contributed by atoms with Crippen LogP contribution in [0.1, 0.15) is 25.3 Å². The lowest BCUT2D eigenvalue weighted by atomic mass is 10.0. The van der Waals surface area contributed by atoms with E-state index in [0.29, 0.717) is 23.8 Å². The SMILES string of the molecule is O=C1Nc2cc(Cl)ccc2S[C@H]1CC(=O)N1CCC(n2cncn2)CC1. The molecule has 136 valence electrons. The number of anilines is 1. The van der Waals surface area contributed by atoms with Crippen molar-refractivity contribution in [3.63, 3.8) is 0 Å². The van der Waals surface area contributed by atoms with E-state index in [2.05, 4.69) is 15.4 Å². The number of amides is 2. The Kier molecular flexibility index (Phi) is 4.86. The fourth-order valence-electron chi connectivity index (χ4n) is 3.33. The predicted molar refractivity (Wildman–Crippen MR) is 99.2 cm³/mol. The summed E-state index contributed by atoms with van der Waals surface area (Å²) in [4.78, 5) is 31.7. The average Bonchev–Trinajstić information content (AvgIpc) is 3.17. The second-order valence-corrected chi connectivity index (χ2v) is 8.11. The van der Waals surface area contributed by atoms with Crippen LogP contribution in [0.4, 0.5) is 5.69 Å². The Bertz CT molecular complexity index is 821. The zero-order valence-corrected chi connectivity index (χ0v) is 15.5. The van der Waals surface area contributed by atoms with Gasteiger partial charge in [-0.1, -0.05) is 11.6 Å². The highest BCUT2D eigenvalue weighted by atomic mass is 35.5. The zero-order chi connectivity index (χ0) is 18.1. The van der Waals surface area contributed by atoms with Crippen LogP contribution in [0.25, 0.3) is 0 Å². The highest BCUT2D eigenvalue weighted by molar-refractivity contribution is 8.01. The van der Waals surface area contributed by atoms with Gasteiger partial charge >= 0.3 is 0 Å². The number of nitrogens with one attached hydrogen (secondary N) is 1. The number of benzene rings is 1. The molecule has 1 saturated heterocycles. The molecule has 1 aromatic heterocycles. The van der Waals surface area contributed by atoms with E-state index < -0.39 is 5.25 Å². The average molecular weight is 392 g/mol. The molecular weight excluding hydrogens is 374 g/mol. The lowest BCUT2D eigenvalue weighted by Crippen LogP contribution is -2.42. The number of likely N-dealkylation sites (tertiary alicyclic amines) is 1. The number of thioether (sulfide) groups is 1. The molecule has 9 heteroatoms. The van der Waals surface area contributed by atoms with Crippen molar-refractivity contribution in [1.82, 2.24) is 19.7 Å². The van der Waals surface area contributed by atoms with E-state index in [0.717, 1.165) is 17.7 Å². The minimum absolute atomic E-state index is 0.0205. The number of nitrogens with zero attached hydrogens (tertiary/aromatic N) is 4. The molecule has 26 heavy (non-hydrogen) atoms. The molecule has 1 aromatic carbocycles. The van der Waals surface area contributed by atoms with Gasteiger partial charge < -0.3 is 10.2 Å². The molecule has 4 rings (SSSR count). The Labute approximate surface area is 160 Å². The third-order valence-electron chi connectivity index (χ3n) is 4.75. The smallest absolute Gasteiger partial charge is 0.238 e. The minimum atomic E-state index is -0.413. The van der Waals surface area contributed by atoms with Gasteiger partial charge in [-0.2, -0.15) is 5.10 Å². The molecule has 0 spiro atoms. The van der Waals surface area contributed by atoms with Crippen LogP contribution in [0.3, 0.4) is 0 Å². The largest absolute Gasteiger partial charge is 0.342 e. The lowest BCUT2D eigenvalue weighted by Gasteiger charge is -2.33. The van der Waals surface area contributed by atoms with Gasteiger partial charge in [0.25, 0.3) is 0 Å². The molecule has 3 heterocycles. The molecule has 1 atom stereocenters. The van der Waals surface area contributed by atoms with E-state index >= 15 is 0 Å². The summed E-state index contributed by atoms with van der Waals surface area (Å²) in [5.74, 6) is -0.122. The predicted octanol–water partition coefficient (Wildman–Crippen LogP) is 2.60. The van der Waals surface area contributed by atoms with E-state index in [1.807, 2.05) is 15.6 Å². The summed E-state index contributed by atoms with van der Waals surface area (Å²) in [7, 11) is 0. The number of rotatable bonds is 3. The van der Waals surface area contributed by atoms with Gasteiger partial charge in [-0.3, -0.25) is 9.59 Å². The first-order valence-corrected chi connectivity index (χ1v) is 9.75. The molecule has 7 nitrogen and oxygen atoms in total. The topological polar surface area (TPSA) is 80.1 Å². The van der Waals surface area contributed by atoms with E-state index in [1.54, 1.807) is 18.5 Å². The van der Waals surface area contributed by atoms with Crippen molar-refractivity contribution in [3.8, 4) is 0 Å². The Morgan fingerprint density at radius 3 is 2.88 bits per heavy atom. The number of piperidine rings is 1. The first-order chi connectivity index (χ1) is 12.6. The summed E-state index contributed by atoms with van der Waals surface area (Å²) in [6.07, 6.45) is 5.14. The third kappa shape index (κ3) is 3.57. The number of hydrogen-bond donors (Lipinski definition) is 1. The van der Waals surface area contributed by atoms with E-state index in [9.17, 15) is 9.59 Å². The van der Waals surface area contributed by atoms with Crippen molar-refractivity contribution in [2.24, 2.45) is 0 Å². The highest BCUT2D eigenvalue weighted by Gasteiger charge is 2.32. The lowest BCUT2D eigenvalue weighted by molar-refractivity contribution is -0.133. The monoisotopic (exact) mass is 391 g/mol. The molecule has 1 N–H and O–H groups in total. The molecule has 0 bridgehead atoms. The van der Waals surface area contributed by atoms with Gasteiger partial charge in [-0.05, 0) is 31.0 Å². The van der Waals surface area contributed by atoms with Gasteiger partial charge in [0.15, 0.2) is 0 Å². The van der Waals surface area contributed by atoms with Crippen LogP contribution in [0.15, 0.2) is 35.7 Å². The Hall–Kier alpha value is -2.06. The quantitative estimate of drug-likeness (QED) is 0.869. The Morgan fingerprint density at radius 2 is 2.15 bits per heavy atom. The summed E-state index contributed by atoms with van der Waals surface area (Å²) >= 11 is 7.39. The zero-order valence-electron chi connectivity index (χ0n) is 14.0. The molecule has 2 aromatic rings. The van der Waals surface area contributed by atoms with Crippen LogP contribution in [0.2, 0.25) is 5.02 Å². The number of carbonyl (C=O) groups excluding carboxylic acids is 2. The number of halogens is 1. The summed E-state index contributed by atoms with van der Waals surface area (Å²) in [5.41, 5.74) is 0.713. The van der Waals surface area contributed by atoms with Crippen molar-refractivity contribution in [2.75, 3.05) is 18.4 Å². The van der Waals surface area contributed by atoms with Gasteiger partial charge in [0, 0.05) is 29.4 Å². The molecule has 2 amide bonds. The summed E-state index contributed by atoms with van der Waals surface area (Å²) < 4.78 is 1.86. The molecule has 1 fully saturated rings. The second-order valence-electron chi connectivity index (χ2n) is 6.43. The fraction of sp³-hybridized carbons (Fsp3) is 0.412. The second kappa shape index (κ2) is 7.28. The summed E-state index contributed by atoms with van der Waals surface area (Å²) in [6.45, 7) is 1.35. The Morgan fingerprint density at radius 1 is 1.35 bits per heavy atom. The van der Waals surface area contributed by atoms with Crippen molar-refractivity contribution in [2.45, 2.75) is 35.4 Å². The van der Waals surface area contributed by atoms with Gasteiger partial charge in [0.2, 0.25) is 11.8 Å². The van der Waals surface area contributed by atoms with Crippen molar-refractivity contribution >= 4 is 40.9 Å². The minimum Gasteiger partial charge on any atom is -0.342 e. The van der Waals surface area contributed by atoms with Crippen molar-refractivity contribution in [3.05, 3.63) is 35.9 Å². The van der Waals surface area contributed by atoms with Gasteiger partial charge in [-0.15, -0.1) is 11.8 Å². The summed E-state index contributed by atoms with van der Waals surface area (Å²) in [5, 5.41) is 7.19. The maximum absolute atomic E-state index is 12.6. The number of hydrogen-bond acceptors (Lipinski definition) is 5. The molecule has 2 aliphatic heterocycles. The molecular formula is C17H18ClN5O2S.